The fourth-order valence-electron chi connectivity index (χ4n) is 3.48. The second-order valence-corrected chi connectivity index (χ2v) is 14.2. The molecule has 140 valence electrons. The number of benzene rings is 3. The molecule has 0 spiro atoms. The molecule has 0 bridgehead atoms. The highest BCUT2D eigenvalue weighted by Crippen LogP contribution is 2.45. The number of rotatable bonds is 5. The van der Waals surface area contributed by atoms with Crippen molar-refractivity contribution < 1.29 is 0 Å². The van der Waals surface area contributed by atoms with Gasteiger partial charge in [-0.15, -0.1) is 0 Å². The molecule has 0 amide bonds. The minimum atomic E-state index is -1.84. The molecule has 0 radical (unpaired) electrons. The summed E-state index contributed by atoms with van der Waals surface area (Å²) in [5, 5.41) is 7.07. The SMILES string of the molecule is CC[S+](C=P(c1ccccc1)(c1ccccc1)c1ccccc1)C(C)(C)C. The second kappa shape index (κ2) is 8.55. The van der Waals surface area contributed by atoms with E-state index in [0.29, 0.717) is 0 Å². The van der Waals surface area contributed by atoms with Crippen LogP contribution in [0.15, 0.2) is 91.0 Å². The van der Waals surface area contributed by atoms with Crippen molar-refractivity contribution in [1.82, 2.24) is 0 Å². The maximum absolute atomic E-state index is 2.74. The number of hydrogen-bond donors (Lipinski definition) is 0. The zero-order chi connectivity index (χ0) is 19.3. The van der Waals surface area contributed by atoms with Gasteiger partial charge in [0.05, 0.1) is 0 Å². The quantitative estimate of drug-likeness (QED) is 0.414. The second-order valence-electron chi connectivity index (χ2n) is 7.66. The Morgan fingerprint density at radius 2 is 1.00 bits per heavy atom. The molecule has 0 fully saturated rings. The van der Waals surface area contributed by atoms with E-state index in [1.165, 1.54) is 21.7 Å². The first-order chi connectivity index (χ1) is 13.0. The Labute approximate surface area is 168 Å². The molecule has 2 heteroatoms. The molecule has 1 atom stereocenters. The molecule has 0 N–H and O–H groups in total. The topological polar surface area (TPSA) is 0 Å². The lowest BCUT2D eigenvalue weighted by Gasteiger charge is -2.29. The van der Waals surface area contributed by atoms with E-state index >= 15 is 0 Å². The summed E-state index contributed by atoms with van der Waals surface area (Å²) in [6.45, 7) is 7.64. The largest absolute Gasteiger partial charge is 0.126 e. The van der Waals surface area contributed by atoms with Crippen LogP contribution >= 0.6 is 6.89 Å². The molecule has 0 heterocycles. The van der Waals surface area contributed by atoms with Gasteiger partial charge in [-0.25, -0.2) is 0 Å². The molecule has 3 aromatic rings. The Bertz CT molecular complexity index is 790. The van der Waals surface area contributed by atoms with Crippen molar-refractivity contribution in [3.8, 4) is 0 Å². The fraction of sp³-hybridized carbons (Fsp3) is 0.240. The van der Waals surface area contributed by atoms with E-state index in [-0.39, 0.29) is 15.6 Å². The first-order valence-corrected chi connectivity index (χ1v) is 12.9. The van der Waals surface area contributed by atoms with Gasteiger partial charge in [-0.2, -0.15) is 0 Å². The Kier molecular flexibility index (Phi) is 6.35. The molecule has 0 aliphatic rings. The van der Waals surface area contributed by atoms with E-state index in [4.69, 9.17) is 0 Å². The van der Waals surface area contributed by atoms with Crippen molar-refractivity contribution in [3.05, 3.63) is 91.0 Å². The highest BCUT2D eigenvalue weighted by molar-refractivity contribution is 8.21. The summed E-state index contributed by atoms with van der Waals surface area (Å²) in [5.74, 6) is 1.18. The fourth-order valence-corrected chi connectivity index (χ4v) is 12.0. The smallest absolute Gasteiger partial charge is 0.0622 e. The molecule has 27 heavy (non-hydrogen) atoms. The van der Waals surface area contributed by atoms with Crippen LogP contribution < -0.4 is 15.9 Å². The predicted octanol–water partition coefficient (Wildman–Crippen LogP) is 5.18. The highest BCUT2D eigenvalue weighted by atomic mass is 32.2. The van der Waals surface area contributed by atoms with Crippen molar-refractivity contribution >= 4 is 38.8 Å². The lowest BCUT2D eigenvalue weighted by molar-refractivity contribution is 0.797. The third-order valence-corrected chi connectivity index (χ3v) is 12.7. The molecule has 0 saturated heterocycles. The molecule has 0 aliphatic heterocycles. The maximum atomic E-state index is 2.74. The van der Waals surface area contributed by atoms with Crippen molar-refractivity contribution in [2.75, 3.05) is 5.75 Å². The first-order valence-electron chi connectivity index (χ1n) is 9.60. The Hall–Kier alpha value is -1.69. The lowest BCUT2D eigenvalue weighted by Crippen LogP contribution is -2.35. The molecule has 3 aromatic carbocycles. The van der Waals surface area contributed by atoms with E-state index in [9.17, 15) is 0 Å². The first kappa shape index (κ1) is 20.1. The highest BCUT2D eigenvalue weighted by Gasteiger charge is 2.36. The van der Waals surface area contributed by atoms with E-state index in [1.54, 1.807) is 0 Å². The summed E-state index contributed by atoms with van der Waals surface area (Å²) in [5.41, 5.74) is 0. The van der Waals surface area contributed by atoms with Crippen LogP contribution in [0.25, 0.3) is 0 Å². The van der Waals surface area contributed by atoms with Gasteiger partial charge >= 0.3 is 0 Å². The summed E-state index contributed by atoms with van der Waals surface area (Å²) < 4.78 is 0.262. The standard InChI is InChI=1S/C25H30PS/c1-5-27(25(2,3)4)21-26(22-15-9-6-10-16-22,23-17-11-7-12-18-23)24-19-13-8-14-20-24/h6-21H,5H2,1-4H3/q+1. The average molecular weight is 394 g/mol. The minimum absolute atomic E-state index is 0.205. The zero-order valence-corrected chi connectivity index (χ0v) is 18.5. The summed E-state index contributed by atoms with van der Waals surface area (Å²) in [6.07, 6.45) is 0. The van der Waals surface area contributed by atoms with Crippen LogP contribution in [0.3, 0.4) is 0 Å². The molecule has 1 unspecified atom stereocenters. The van der Waals surface area contributed by atoms with Gasteiger partial charge in [0, 0.05) is 17.8 Å². The Morgan fingerprint density at radius 1 is 0.667 bits per heavy atom. The molecule has 0 aromatic heterocycles. The van der Waals surface area contributed by atoms with Crippen molar-refractivity contribution in [2.24, 2.45) is 0 Å². The van der Waals surface area contributed by atoms with E-state index < -0.39 is 6.89 Å². The molecule has 0 nitrogen and oxygen atoms in total. The van der Waals surface area contributed by atoms with Gasteiger partial charge in [-0.05, 0) is 43.6 Å². The van der Waals surface area contributed by atoms with Crippen molar-refractivity contribution in [1.29, 1.82) is 0 Å². The average Bonchev–Trinajstić information content (AvgIpc) is 2.70. The van der Waals surface area contributed by atoms with E-state index in [2.05, 4.69) is 124 Å². The number of hydrogen-bond acceptors (Lipinski definition) is 0. The van der Waals surface area contributed by atoms with Gasteiger partial charge in [0.2, 0.25) is 0 Å². The van der Waals surface area contributed by atoms with Crippen LogP contribution in [0.1, 0.15) is 27.7 Å². The maximum Gasteiger partial charge on any atom is 0.126 e. The summed E-state index contributed by atoms with van der Waals surface area (Å²) in [7, 11) is 0.205. The summed E-state index contributed by atoms with van der Waals surface area (Å²) in [6, 6.07) is 33.4. The Morgan fingerprint density at radius 3 is 1.26 bits per heavy atom. The van der Waals surface area contributed by atoms with Crippen LogP contribution in [-0.4, -0.2) is 15.6 Å². The third-order valence-electron chi connectivity index (χ3n) is 4.87. The van der Waals surface area contributed by atoms with Gasteiger partial charge in [-0.3, -0.25) is 0 Å². The van der Waals surface area contributed by atoms with Gasteiger partial charge in [0.25, 0.3) is 0 Å². The summed E-state index contributed by atoms with van der Waals surface area (Å²) >= 11 is 0. The monoisotopic (exact) mass is 393 g/mol. The lowest BCUT2D eigenvalue weighted by atomic mass is 10.3. The van der Waals surface area contributed by atoms with E-state index in [1.807, 2.05) is 0 Å². The van der Waals surface area contributed by atoms with Crippen LogP contribution in [0, 0.1) is 0 Å². The van der Waals surface area contributed by atoms with Crippen LogP contribution in [-0.2, 0) is 10.9 Å². The van der Waals surface area contributed by atoms with Crippen LogP contribution in [0.5, 0.6) is 0 Å². The van der Waals surface area contributed by atoms with Crippen LogP contribution in [0.2, 0.25) is 0 Å². The molecular formula is C25H30PS+. The van der Waals surface area contributed by atoms with Crippen molar-refractivity contribution in [3.63, 3.8) is 0 Å². The van der Waals surface area contributed by atoms with Crippen LogP contribution in [0.4, 0.5) is 0 Å². The summed E-state index contributed by atoms with van der Waals surface area (Å²) in [4.78, 5) is 0. The van der Waals surface area contributed by atoms with E-state index in [0.717, 1.165) is 0 Å². The molecule has 0 aliphatic carbocycles. The van der Waals surface area contributed by atoms with Gasteiger partial charge in [0.1, 0.15) is 15.6 Å². The minimum Gasteiger partial charge on any atom is -0.0622 e. The normalized spacial score (nSPS) is 13.2. The van der Waals surface area contributed by atoms with Crippen molar-refractivity contribution in [2.45, 2.75) is 32.4 Å². The predicted molar refractivity (Wildman–Crippen MR) is 129 cm³/mol. The molecule has 3 rings (SSSR count). The zero-order valence-electron chi connectivity index (χ0n) is 16.8. The Balaban J connectivity index is 2.44. The molecule has 0 saturated carbocycles. The third kappa shape index (κ3) is 4.26. The van der Waals surface area contributed by atoms with Gasteiger partial charge in [0.15, 0.2) is 0 Å². The molecular weight excluding hydrogens is 363 g/mol. The van der Waals surface area contributed by atoms with Gasteiger partial charge in [-0.1, -0.05) is 91.0 Å². The van der Waals surface area contributed by atoms with Gasteiger partial charge < -0.3 is 0 Å².